The fraction of sp³-hybridized carbons (Fsp3) is 0.154. The molecule has 0 atom stereocenters. The SMILES string of the molecule is COc1cc(-c2[nH]c3ccc(C(=O)O)cc3c2CC(=O)O)cc(OC)c1OCc1ccccc1. The normalized spacial score (nSPS) is 10.8. The van der Waals surface area contributed by atoms with Crippen molar-refractivity contribution in [2.75, 3.05) is 14.2 Å². The Balaban J connectivity index is 1.82. The molecule has 0 aliphatic heterocycles. The molecule has 0 saturated heterocycles. The fourth-order valence-electron chi connectivity index (χ4n) is 3.86. The molecule has 8 heteroatoms. The van der Waals surface area contributed by atoms with Gasteiger partial charge in [-0.1, -0.05) is 30.3 Å². The predicted molar refractivity (Wildman–Crippen MR) is 126 cm³/mol. The largest absolute Gasteiger partial charge is 0.493 e. The van der Waals surface area contributed by atoms with Gasteiger partial charge < -0.3 is 29.4 Å². The maximum absolute atomic E-state index is 11.6. The van der Waals surface area contributed by atoms with Gasteiger partial charge >= 0.3 is 11.9 Å². The van der Waals surface area contributed by atoms with Crippen LogP contribution in [0.3, 0.4) is 0 Å². The van der Waals surface area contributed by atoms with Gasteiger partial charge in [0.1, 0.15) is 6.61 Å². The van der Waals surface area contributed by atoms with Crippen molar-refractivity contribution >= 4 is 22.8 Å². The first kappa shape index (κ1) is 22.7. The van der Waals surface area contributed by atoms with Crippen LogP contribution in [0.4, 0.5) is 0 Å². The van der Waals surface area contributed by atoms with Gasteiger partial charge in [0.05, 0.1) is 31.9 Å². The summed E-state index contributed by atoms with van der Waals surface area (Å²) in [4.78, 5) is 26.3. The molecule has 0 aliphatic carbocycles. The minimum absolute atomic E-state index is 0.0736. The van der Waals surface area contributed by atoms with E-state index in [1.807, 2.05) is 30.3 Å². The van der Waals surface area contributed by atoms with Gasteiger partial charge in [-0.2, -0.15) is 0 Å². The van der Waals surface area contributed by atoms with Gasteiger partial charge in [0.2, 0.25) is 5.75 Å². The summed E-state index contributed by atoms with van der Waals surface area (Å²) in [5.74, 6) is -0.881. The minimum atomic E-state index is -1.09. The van der Waals surface area contributed by atoms with Gasteiger partial charge in [-0.25, -0.2) is 4.79 Å². The number of aromatic nitrogens is 1. The molecule has 0 spiro atoms. The van der Waals surface area contributed by atoms with Gasteiger partial charge in [-0.15, -0.1) is 0 Å². The molecule has 0 bridgehead atoms. The van der Waals surface area contributed by atoms with Crippen molar-refractivity contribution in [3.05, 3.63) is 77.4 Å². The molecule has 0 radical (unpaired) electrons. The van der Waals surface area contributed by atoms with Gasteiger partial charge in [0, 0.05) is 16.5 Å². The number of benzene rings is 3. The van der Waals surface area contributed by atoms with E-state index in [1.54, 1.807) is 18.2 Å². The van der Waals surface area contributed by atoms with Crippen LogP contribution in [-0.4, -0.2) is 41.4 Å². The predicted octanol–water partition coefficient (Wildman–Crippen LogP) is 4.76. The van der Waals surface area contributed by atoms with Crippen LogP contribution in [0.5, 0.6) is 17.2 Å². The number of aliphatic carboxylic acids is 1. The summed E-state index contributed by atoms with van der Waals surface area (Å²) in [5.41, 5.74) is 3.29. The minimum Gasteiger partial charge on any atom is -0.493 e. The second-order valence-corrected chi connectivity index (χ2v) is 7.60. The van der Waals surface area contributed by atoms with Gasteiger partial charge in [-0.3, -0.25) is 4.79 Å². The lowest BCUT2D eigenvalue weighted by molar-refractivity contribution is -0.136. The van der Waals surface area contributed by atoms with Crippen LogP contribution >= 0.6 is 0 Å². The molecule has 0 fully saturated rings. The van der Waals surface area contributed by atoms with Crippen LogP contribution in [0.15, 0.2) is 60.7 Å². The quantitative estimate of drug-likeness (QED) is 0.329. The van der Waals surface area contributed by atoms with E-state index in [-0.39, 0.29) is 12.0 Å². The number of hydrogen-bond donors (Lipinski definition) is 3. The molecule has 8 nitrogen and oxygen atoms in total. The van der Waals surface area contributed by atoms with Crippen LogP contribution in [0, 0.1) is 0 Å². The van der Waals surface area contributed by atoms with Gasteiger partial charge in [0.15, 0.2) is 11.5 Å². The second kappa shape index (κ2) is 9.58. The lowest BCUT2D eigenvalue weighted by Gasteiger charge is -2.16. The van der Waals surface area contributed by atoms with Crippen molar-refractivity contribution in [1.82, 2.24) is 4.98 Å². The zero-order chi connectivity index (χ0) is 24.2. The molecular formula is C26H23NO7. The van der Waals surface area contributed by atoms with Crippen LogP contribution < -0.4 is 14.2 Å². The first-order chi connectivity index (χ1) is 16.4. The summed E-state index contributed by atoms with van der Waals surface area (Å²) in [6.45, 7) is 0.307. The topological polar surface area (TPSA) is 118 Å². The zero-order valence-electron chi connectivity index (χ0n) is 18.6. The van der Waals surface area contributed by atoms with E-state index in [2.05, 4.69) is 4.98 Å². The molecule has 34 heavy (non-hydrogen) atoms. The summed E-state index contributed by atoms with van der Waals surface area (Å²) >= 11 is 0. The van der Waals surface area contributed by atoms with Crippen molar-refractivity contribution < 1.29 is 34.0 Å². The highest BCUT2D eigenvalue weighted by atomic mass is 16.5. The number of carboxylic acids is 2. The van der Waals surface area contributed by atoms with Gasteiger partial charge in [-0.05, 0) is 41.5 Å². The highest BCUT2D eigenvalue weighted by Gasteiger charge is 2.21. The van der Waals surface area contributed by atoms with Crippen LogP contribution in [-0.2, 0) is 17.8 Å². The Hall–Kier alpha value is -4.46. The number of carbonyl (C=O) groups is 2. The van der Waals surface area contributed by atoms with E-state index in [1.165, 1.54) is 26.4 Å². The number of rotatable bonds is 9. The summed E-state index contributed by atoms with van der Waals surface area (Å²) in [6.07, 6.45) is -0.296. The maximum Gasteiger partial charge on any atom is 0.335 e. The highest BCUT2D eigenvalue weighted by Crippen LogP contribution is 2.43. The van der Waals surface area contributed by atoms with E-state index >= 15 is 0 Å². The molecule has 0 unspecified atom stereocenters. The van der Waals surface area contributed by atoms with Crippen molar-refractivity contribution in [2.45, 2.75) is 13.0 Å². The molecule has 0 saturated carbocycles. The first-order valence-electron chi connectivity index (χ1n) is 10.4. The van der Waals surface area contributed by atoms with E-state index in [4.69, 9.17) is 14.2 Å². The summed E-state index contributed by atoms with van der Waals surface area (Å²) < 4.78 is 17.1. The zero-order valence-corrected chi connectivity index (χ0v) is 18.6. The van der Waals surface area contributed by atoms with Crippen LogP contribution in [0.25, 0.3) is 22.2 Å². The standard InChI is InChI=1S/C26H23NO7/c1-32-21-11-17(12-22(33-2)25(21)34-14-15-6-4-3-5-7-15)24-19(13-23(28)29)18-10-16(26(30)31)8-9-20(18)27-24/h3-12,27H,13-14H2,1-2H3,(H,28,29)(H,30,31). The van der Waals surface area contributed by atoms with Crippen molar-refractivity contribution in [1.29, 1.82) is 0 Å². The monoisotopic (exact) mass is 461 g/mol. The Morgan fingerprint density at radius 2 is 1.59 bits per heavy atom. The first-order valence-corrected chi connectivity index (χ1v) is 10.4. The number of ether oxygens (including phenoxy) is 3. The van der Waals surface area contributed by atoms with Crippen molar-refractivity contribution in [3.8, 4) is 28.5 Å². The molecule has 1 aromatic heterocycles. The van der Waals surface area contributed by atoms with E-state index < -0.39 is 11.9 Å². The number of aromatic carboxylic acids is 1. The number of nitrogens with one attached hydrogen (secondary N) is 1. The average Bonchev–Trinajstić information content (AvgIpc) is 3.19. The fourth-order valence-corrected chi connectivity index (χ4v) is 3.86. The Bertz CT molecular complexity index is 1330. The summed E-state index contributed by atoms with van der Waals surface area (Å²) in [6, 6.07) is 17.7. The number of carboxylic acid groups (broad SMARTS) is 2. The van der Waals surface area contributed by atoms with Crippen molar-refractivity contribution in [3.63, 3.8) is 0 Å². The molecule has 3 N–H and O–H groups in total. The molecule has 0 amide bonds. The number of fused-ring (bicyclic) bond motifs is 1. The summed E-state index contributed by atoms with van der Waals surface area (Å²) in [5, 5.41) is 19.4. The molecule has 0 aliphatic rings. The lowest BCUT2D eigenvalue weighted by Crippen LogP contribution is -2.03. The van der Waals surface area contributed by atoms with E-state index in [9.17, 15) is 19.8 Å². The third-order valence-electron chi connectivity index (χ3n) is 5.46. The summed E-state index contributed by atoms with van der Waals surface area (Å²) in [7, 11) is 3.02. The number of methoxy groups -OCH3 is 2. The molecule has 4 aromatic rings. The maximum atomic E-state index is 11.6. The molecule has 174 valence electrons. The Labute approximate surface area is 195 Å². The second-order valence-electron chi connectivity index (χ2n) is 7.60. The third-order valence-corrected chi connectivity index (χ3v) is 5.46. The number of hydrogen-bond acceptors (Lipinski definition) is 5. The van der Waals surface area contributed by atoms with Crippen molar-refractivity contribution in [2.24, 2.45) is 0 Å². The van der Waals surface area contributed by atoms with E-state index in [0.29, 0.717) is 51.6 Å². The Morgan fingerprint density at radius 3 is 2.18 bits per heavy atom. The highest BCUT2D eigenvalue weighted by molar-refractivity contribution is 5.99. The van der Waals surface area contributed by atoms with Crippen LogP contribution in [0.2, 0.25) is 0 Å². The molecule has 4 rings (SSSR count). The third kappa shape index (κ3) is 4.52. The average molecular weight is 461 g/mol. The molecular weight excluding hydrogens is 438 g/mol. The molecule has 1 heterocycles. The smallest absolute Gasteiger partial charge is 0.335 e. The lowest BCUT2D eigenvalue weighted by atomic mass is 10.0. The Kier molecular flexibility index (Phi) is 6.40. The van der Waals surface area contributed by atoms with E-state index in [0.717, 1.165) is 5.56 Å². The number of aromatic amines is 1. The Morgan fingerprint density at radius 1 is 0.912 bits per heavy atom. The number of H-pyrrole nitrogens is 1. The van der Waals surface area contributed by atoms with Crippen LogP contribution in [0.1, 0.15) is 21.5 Å². The van der Waals surface area contributed by atoms with Gasteiger partial charge in [0.25, 0.3) is 0 Å². The molecule has 3 aromatic carbocycles.